The molecule has 0 aliphatic rings. The van der Waals surface area contributed by atoms with E-state index >= 15 is 0 Å². The first-order valence-electron chi connectivity index (χ1n) is 14.0. The summed E-state index contributed by atoms with van der Waals surface area (Å²) in [7, 11) is -4.56. The average Bonchev–Trinajstić information content (AvgIpc) is 2.91. The first kappa shape index (κ1) is 34.9. The van der Waals surface area contributed by atoms with Gasteiger partial charge in [-0.3, -0.25) is 13.9 Å². The number of nitrogens with one attached hydrogen (secondary N) is 1. The van der Waals surface area contributed by atoms with Crippen LogP contribution in [0.5, 0.6) is 0 Å². The molecule has 0 unspecified atom stereocenters. The lowest BCUT2D eigenvalue weighted by Crippen LogP contribution is -2.55. The van der Waals surface area contributed by atoms with Crippen LogP contribution < -0.4 is 9.62 Å². The van der Waals surface area contributed by atoms with E-state index < -0.39 is 62.4 Å². The van der Waals surface area contributed by atoms with Gasteiger partial charge in [0.25, 0.3) is 10.0 Å². The number of rotatable bonds is 10. The van der Waals surface area contributed by atoms with Crippen LogP contribution in [0, 0.1) is 13.8 Å². The highest BCUT2D eigenvalue weighted by Crippen LogP contribution is 2.38. The number of alkyl halides is 3. The maximum Gasteiger partial charge on any atom is 0.417 e. The van der Waals surface area contributed by atoms with Crippen LogP contribution in [0.15, 0.2) is 71.6 Å². The number of nitrogens with zero attached hydrogens (tertiary/aromatic N) is 2. The topological polar surface area (TPSA) is 86.8 Å². The minimum Gasteiger partial charge on any atom is -0.350 e. The average molecular weight is 652 g/mol. The summed E-state index contributed by atoms with van der Waals surface area (Å²) in [4.78, 5) is 28.7. The fourth-order valence-electron chi connectivity index (χ4n) is 4.60. The van der Waals surface area contributed by atoms with Crippen LogP contribution in [0.4, 0.5) is 18.9 Å². The molecule has 1 atom stereocenters. The van der Waals surface area contributed by atoms with E-state index in [0.717, 1.165) is 28.8 Å². The maximum absolute atomic E-state index is 14.2. The third-order valence-corrected chi connectivity index (χ3v) is 9.03. The summed E-state index contributed by atoms with van der Waals surface area (Å²) >= 11 is 5.84. The fraction of sp³-hybridized carbons (Fsp3) is 0.375. The number of carbonyl (C=O) groups excluding carboxylic acids is 2. The minimum atomic E-state index is -4.88. The predicted molar refractivity (Wildman–Crippen MR) is 166 cm³/mol. The zero-order valence-electron chi connectivity index (χ0n) is 25.5. The standard InChI is InChI=1S/C32H37ClF3N3O4S/c1-7-28(30(41)37-31(4,5)6)38(19-23-11-9-8-10-22(23)3)29(40)20-39(44(42,43)25-15-12-21(2)13-16-25)24-14-17-27(33)26(18-24)32(34,35)36/h8-18,28H,7,19-20H2,1-6H3,(H,37,41)/t28-/m0/s1. The fourth-order valence-corrected chi connectivity index (χ4v) is 6.23. The maximum atomic E-state index is 14.2. The Morgan fingerprint density at radius 3 is 2.11 bits per heavy atom. The summed E-state index contributed by atoms with van der Waals surface area (Å²) in [5, 5.41) is 2.26. The quantitative estimate of drug-likeness (QED) is 0.259. The lowest BCUT2D eigenvalue weighted by Gasteiger charge is -2.35. The van der Waals surface area contributed by atoms with Crippen molar-refractivity contribution < 1.29 is 31.2 Å². The highest BCUT2D eigenvalue weighted by molar-refractivity contribution is 7.92. The molecule has 0 fully saturated rings. The molecular weight excluding hydrogens is 615 g/mol. The lowest BCUT2D eigenvalue weighted by atomic mass is 10.0. The molecule has 0 aromatic heterocycles. The second-order valence-electron chi connectivity index (χ2n) is 11.6. The molecule has 1 N–H and O–H groups in total. The molecule has 238 valence electrons. The number of hydrogen-bond donors (Lipinski definition) is 1. The molecule has 0 aliphatic heterocycles. The van der Waals surface area contributed by atoms with E-state index in [1.165, 1.54) is 17.0 Å². The molecule has 0 radical (unpaired) electrons. The molecule has 3 aromatic rings. The van der Waals surface area contributed by atoms with Crippen molar-refractivity contribution in [1.29, 1.82) is 0 Å². The van der Waals surface area contributed by atoms with Crippen molar-refractivity contribution in [2.24, 2.45) is 0 Å². The Balaban J connectivity index is 2.18. The van der Waals surface area contributed by atoms with Crippen molar-refractivity contribution >= 4 is 39.1 Å². The van der Waals surface area contributed by atoms with E-state index in [9.17, 15) is 31.2 Å². The normalized spacial score (nSPS) is 12.9. The number of aryl methyl sites for hydroxylation is 2. The van der Waals surface area contributed by atoms with Crippen molar-refractivity contribution in [1.82, 2.24) is 10.2 Å². The number of carbonyl (C=O) groups is 2. The molecule has 3 aromatic carbocycles. The van der Waals surface area contributed by atoms with Gasteiger partial charge in [-0.05, 0) is 82.5 Å². The van der Waals surface area contributed by atoms with Gasteiger partial charge in [0.1, 0.15) is 12.6 Å². The SMILES string of the molecule is CC[C@@H](C(=O)NC(C)(C)C)N(Cc1ccccc1C)C(=O)CN(c1ccc(Cl)c(C(F)(F)F)c1)S(=O)(=O)c1ccc(C)cc1. The van der Waals surface area contributed by atoms with E-state index in [1.807, 2.05) is 19.1 Å². The Morgan fingerprint density at radius 1 is 0.955 bits per heavy atom. The van der Waals surface area contributed by atoms with Gasteiger partial charge in [0.05, 0.1) is 21.2 Å². The van der Waals surface area contributed by atoms with E-state index in [1.54, 1.807) is 58.9 Å². The second kappa shape index (κ2) is 13.6. The zero-order valence-corrected chi connectivity index (χ0v) is 27.1. The van der Waals surface area contributed by atoms with Crippen LogP contribution in [-0.2, 0) is 32.3 Å². The van der Waals surface area contributed by atoms with E-state index in [4.69, 9.17) is 11.6 Å². The number of benzene rings is 3. The third-order valence-electron chi connectivity index (χ3n) is 6.92. The molecular formula is C32H37ClF3N3O4S. The van der Waals surface area contributed by atoms with Gasteiger partial charge < -0.3 is 10.2 Å². The molecule has 0 spiro atoms. The number of anilines is 1. The van der Waals surface area contributed by atoms with Crippen molar-refractivity contribution in [2.45, 2.75) is 77.2 Å². The molecule has 0 saturated heterocycles. The molecule has 2 amide bonds. The Kier molecular flexibility index (Phi) is 10.8. The summed E-state index contributed by atoms with van der Waals surface area (Å²) in [5.74, 6) is -1.22. The van der Waals surface area contributed by atoms with Gasteiger partial charge in [0.2, 0.25) is 11.8 Å². The monoisotopic (exact) mass is 651 g/mol. The van der Waals surface area contributed by atoms with Gasteiger partial charge in [-0.15, -0.1) is 0 Å². The van der Waals surface area contributed by atoms with Gasteiger partial charge in [0.15, 0.2) is 0 Å². The number of halogens is 4. The summed E-state index contributed by atoms with van der Waals surface area (Å²) in [6, 6.07) is 14.6. The van der Waals surface area contributed by atoms with Gasteiger partial charge in [-0.1, -0.05) is 60.5 Å². The number of sulfonamides is 1. The van der Waals surface area contributed by atoms with Crippen molar-refractivity contribution in [3.63, 3.8) is 0 Å². The summed E-state index contributed by atoms with van der Waals surface area (Å²) in [6.07, 6.45) is -4.69. The third kappa shape index (κ3) is 8.53. The number of hydrogen-bond acceptors (Lipinski definition) is 4. The Labute approximate surface area is 262 Å². The second-order valence-corrected chi connectivity index (χ2v) is 13.9. The van der Waals surface area contributed by atoms with Crippen molar-refractivity contribution in [3.05, 3.63) is 94.0 Å². The van der Waals surface area contributed by atoms with Crippen molar-refractivity contribution in [2.75, 3.05) is 10.8 Å². The molecule has 12 heteroatoms. The van der Waals surface area contributed by atoms with Crippen LogP contribution in [0.2, 0.25) is 5.02 Å². The van der Waals surface area contributed by atoms with Gasteiger partial charge in [0, 0.05) is 12.1 Å². The van der Waals surface area contributed by atoms with Crippen molar-refractivity contribution in [3.8, 4) is 0 Å². The lowest BCUT2D eigenvalue weighted by molar-refractivity contribution is -0.141. The Morgan fingerprint density at radius 2 is 1.57 bits per heavy atom. The van der Waals surface area contributed by atoms with Crippen LogP contribution in [-0.4, -0.2) is 43.3 Å². The zero-order chi connectivity index (χ0) is 33.0. The van der Waals surface area contributed by atoms with Crippen LogP contribution >= 0.6 is 11.6 Å². The highest BCUT2D eigenvalue weighted by Gasteiger charge is 2.37. The van der Waals surface area contributed by atoms with Crippen LogP contribution in [0.3, 0.4) is 0 Å². The minimum absolute atomic E-state index is 0.0333. The smallest absolute Gasteiger partial charge is 0.350 e. The summed E-state index contributed by atoms with van der Waals surface area (Å²) in [5.41, 5.74) is 0.0480. The van der Waals surface area contributed by atoms with E-state index in [-0.39, 0.29) is 17.9 Å². The van der Waals surface area contributed by atoms with E-state index in [2.05, 4.69) is 5.32 Å². The Bertz CT molecular complexity index is 1600. The molecule has 3 rings (SSSR count). The molecule has 7 nitrogen and oxygen atoms in total. The predicted octanol–water partition coefficient (Wildman–Crippen LogP) is 6.89. The molecule has 0 bridgehead atoms. The summed E-state index contributed by atoms with van der Waals surface area (Å²) < 4.78 is 70.1. The Hall–Kier alpha value is -3.57. The van der Waals surface area contributed by atoms with Gasteiger partial charge >= 0.3 is 6.18 Å². The van der Waals surface area contributed by atoms with Gasteiger partial charge in [-0.2, -0.15) is 13.2 Å². The van der Waals surface area contributed by atoms with Crippen LogP contribution in [0.1, 0.15) is 56.4 Å². The number of amides is 2. The molecule has 44 heavy (non-hydrogen) atoms. The first-order valence-corrected chi connectivity index (χ1v) is 15.8. The van der Waals surface area contributed by atoms with E-state index in [0.29, 0.717) is 10.4 Å². The molecule has 0 aliphatic carbocycles. The van der Waals surface area contributed by atoms with Crippen LogP contribution in [0.25, 0.3) is 0 Å². The summed E-state index contributed by atoms with van der Waals surface area (Å²) in [6.45, 7) is 9.78. The molecule has 0 saturated carbocycles. The first-order chi connectivity index (χ1) is 20.3. The van der Waals surface area contributed by atoms with Gasteiger partial charge in [-0.25, -0.2) is 8.42 Å². The highest BCUT2D eigenvalue weighted by atomic mass is 35.5. The largest absolute Gasteiger partial charge is 0.417 e. The molecule has 0 heterocycles.